The van der Waals surface area contributed by atoms with Crippen molar-refractivity contribution in [2.24, 2.45) is 5.92 Å². The number of urea groups is 1. The second-order valence-electron chi connectivity index (χ2n) is 5.07. The molecule has 2 amide bonds. The third-order valence-electron chi connectivity index (χ3n) is 3.49. The van der Waals surface area contributed by atoms with Crippen LogP contribution in [0, 0.1) is 5.92 Å². The molecule has 1 aromatic carbocycles. The van der Waals surface area contributed by atoms with E-state index in [0.717, 1.165) is 39.0 Å². The van der Waals surface area contributed by atoms with Crippen LogP contribution in [-0.2, 0) is 0 Å². The van der Waals surface area contributed by atoms with Crippen molar-refractivity contribution in [1.82, 2.24) is 10.6 Å². The van der Waals surface area contributed by atoms with E-state index in [4.69, 9.17) is 0 Å². The number of hydrogen-bond donors (Lipinski definition) is 2. The van der Waals surface area contributed by atoms with Crippen LogP contribution in [0.2, 0.25) is 0 Å². The standard InChI is InChI=1S/C15H23N3O/c1-2-9-16-15(19)17-11-13-8-10-18(12-13)14-6-4-3-5-7-14/h3-7,13H,2,8-12H2,1H3,(H2,16,17,19). The van der Waals surface area contributed by atoms with Crippen molar-refractivity contribution < 1.29 is 4.79 Å². The van der Waals surface area contributed by atoms with Crippen molar-refractivity contribution in [1.29, 1.82) is 0 Å². The van der Waals surface area contributed by atoms with Crippen LogP contribution in [0.1, 0.15) is 19.8 Å². The zero-order valence-corrected chi connectivity index (χ0v) is 11.6. The topological polar surface area (TPSA) is 44.4 Å². The van der Waals surface area contributed by atoms with Gasteiger partial charge in [0.2, 0.25) is 0 Å². The fraction of sp³-hybridized carbons (Fsp3) is 0.533. The number of para-hydroxylation sites is 1. The van der Waals surface area contributed by atoms with E-state index in [-0.39, 0.29) is 6.03 Å². The van der Waals surface area contributed by atoms with E-state index in [9.17, 15) is 4.79 Å². The minimum Gasteiger partial charge on any atom is -0.371 e. The van der Waals surface area contributed by atoms with Gasteiger partial charge >= 0.3 is 6.03 Å². The molecule has 1 heterocycles. The second kappa shape index (κ2) is 7.02. The zero-order valence-electron chi connectivity index (χ0n) is 11.6. The zero-order chi connectivity index (χ0) is 13.5. The van der Waals surface area contributed by atoms with E-state index in [2.05, 4.69) is 46.7 Å². The second-order valence-corrected chi connectivity index (χ2v) is 5.07. The first kappa shape index (κ1) is 13.7. The molecule has 2 rings (SSSR count). The van der Waals surface area contributed by atoms with Crippen molar-refractivity contribution in [3.05, 3.63) is 30.3 Å². The summed E-state index contributed by atoms with van der Waals surface area (Å²) in [5.41, 5.74) is 1.28. The Kier molecular flexibility index (Phi) is 5.07. The number of rotatable bonds is 5. The van der Waals surface area contributed by atoms with E-state index in [0.29, 0.717) is 5.92 Å². The molecule has 0 aliphatic carbocycles. The Labute approximate surface area is 115 Å². The number of carbonyl (C=O) groups is 1. The molecular formula is C15H23N3O. The Bertz CT molecular complexity index is 394. The number of hydrogen-bond acceptors (Lipinski definition) is 2. The molecule has 0 bridgehead atoms. The molecule has 0 spiro atoms. The molecule has 1 aliphatic heterocycles. The Morgan fingerprint density at radius 1 is 1.32 bits per heavy atom. The van der Waals surface area contributed by atoms with Crippen LogP contribution in [0.25, 0.3) is 0 Å². The molecule has 104 valence electrons. The summed E-state index contributed by atoms with van der Waals surface area (Å²) in [7, 11) is 0. The molecule has 0 aromatic heterocycles. The van der Waals surface area contributed by atoms with Crippen molar-refractivity contribution >= 4 is 11.7 Å². The fourth-order valence-electron chi connectivity index (χ4n) is 2.41. The van der Waals surface area contributed by atoms with Gasteiger partial charge in [0, 0.05) is 31.9 Å². The van der Waals surface area contributed by atoms with Gasteiger partial charge in [-0.25, -0.2) is 4.79 Å². The van der Waals surface area contributed by atoms with Gasteiger partial charge in [0.25, 0.3) is 0 Å². The molecular weight excluding hydrogens is 238 g/mol. The summed E-state index contributed by atoms with van der Waals surface area (Å²) in [5.74, 6) is 0.549. The molecule has 19 heavy (non-hydrogen) atoms. The first-order chi connectivity index (χ1) is 9.29. The fourth-order valence-corrected chi connectivity index (χ4v) is 2.41. The van der Waals surface area contributed by atoms with E-state index in [1.54, 1.807) is 0 Å². The van der Waals surface area contributed by atoms with Gasteiger partial charge in [0.05, 0.1) is 0 Å². The van der Waals surface area contributed by atoms with Crippen molar-refractivity contribution in [3.8, 4) is 0 Å². The minimum atomic E-state index is -0.0417. The van der Waals surface area contributed by atoms with Gasteiger partial charge in [-0.2, -0.15) is 0 Å². The summed E-state index contributed by atoms with van der Waals surface area (Å²) in [6.07, 6.45) is 2.11. The van der Waals surface area contributed by atoms with Crippen LogP contribution in [0.5, 0.6) is 0 Å². The van der Waals surface area contributed by atoms with Crippen molar-refractivity contribution in [2.45, 2.75) is 19.8 Å². The smallest absolute Gasteiger partial charge is 0.314 e. The van der Waals surface area contributed by atoms with Gasteiger partial charge < -0.3 is 15.5 Å². The van der Waals surface area contributed by atoms with Crippen LogP contribution in [-0.4, -0.2) is 32.2 Å². The largest absolute Gasteiger partial charge is 0.371 e. The summed E-state index contributed by atoms with van der Waals surface area (Å²) in [5, 5.41) is 5.79. The maximum Gasteiger partial charge on any atom is 0.314 e. The lowest BCUT2D eigenvalue weighted by Crippen LogP contribution is -2.39. The lowest BCUT2D eigenvalue weighted by atomic mass is 10.1. The number of carbonyl (C=O) groups excluding carboxylic acids is 1. The van der Waals surface area contributed by atoms with Gasteiger partial charge in [-0.1, -0.05) is 25.1 Å². The lowest BCUT2D eigenvalue weighted by molar-refractivity contribution is 0.239. The van der Waals surface area contributed by atoms with Gasteiger partial charge in [0.1, 0.15) is 0 Å². The molecule has 4 nitrogen and oxygen atoms in total. The summed E-state index contributed by atoms with van der Waals surface area (Å²) < 4.78 is 0. The Morgan fingerprint density at radius 3 is 2.84 bits per heavy atom. The predicted molar refractivity (Wildman–Crippen MR) is 78.5 cm³/mol. The van der Waals surface area contributed by atoms with E-state index in [1.165, 1.54) is 5.69 Å². The first-order valence-corrected chi connectivity index (χ1v) is 7.11. The molecule has 4 heteroatoms. The van der Waals surface area contributed by atoms with Crippen LogP contribution < -0.4 is 15.5 Å². The van der Waals surface area contributed by atoms with Gasteiger partial charge in [-0.05, 0) is 30.9 Å². The highest BCUT2D eigenvalue weighted by atomic mass is 16.2. The van der Waals surface area contributed by atoms with Crippen molar-refractivity contribution in [3.63, 3.8) is 0 Å². The number of benzene rings is 1. The van der Waals surface area contributed by atoms with Crippen molar-refractivity contribution in [2.75, 3.05) is 31.1 Å². The SMILES string of the molecule is CCCNC(=O)NCC1CCN(c2ccccc2)C1. The highest BCUT2D eigenvalue weighted by molar-refractivity contribution is 5.73. The molecule has 0 radical (unpaired) electrons. The third-order valence-corrected chi connectivity index (χ3v) is 3.49. The normalized spacial score (nSPS) is 18.4. The van der Waals surface area contributed by atoms with E-state index in [1.807, 2.05) is 6.07 Å². The summed E-state index contributed by atoms with van der Waals surface area (Å²) in [6.45, 7) is 5.66. The number of amides is 2. The average Bonchev–Trinajstić information content (AvgIpc) is 2.93. The number of anilines is 1. The van der Waals surface area contributed by atoms with Crippen LogP contribution in [0.4, 0.5) is 10.5 Å². The van der Waals surface area contributed by atoms with Crippen LogP contribution >= 0.6 is 0 Å². The van der Waals surface area contributed by atoms with Crippen LogP contribution in [0.3, 0.4) is 0 Å². The van der Waals surface area contributed by atoms with E-state index < -0.39 is 0 Å². The van der Waals surface area contributed by atoms with Crippen LogP contribution in [0.15, 0.2) is 30.3 Å². The maximum absolute atomic E-state index is 11.5. The Balaban J connectivity index is 1.72. The lowest BCUT2D eigenvalue weighted by Gasteiger charge is -2.18. The summed E-state index contributed by atoms with van der Waals surface area (Å²) >= 11 is 0. The molecule has 1 saturated heterocycles. The molecule has 1 atom stereocenters. The van der Waals surface area contributed by atoms with Gasteiger partial charge in [0.15, 0.2) is 0 Å². The summed E-state index contributed by atoms with van der Waals surface area (Å²) in [6, 6.07) is 10.4. The summed E-state index contributed by atoms with van der Waals surface area (Å²) in [4.78, 5) is 13.9. The quantitative estimate of drug-likeness (QED) is 0.853. The monoisotopic (exact) mass is 261 g/mol. The molecule has 1 aliphatic rings. The highest BCUT2D eigenvalue weighted by Crippen LogP contribution is 2.22. The Morgan fingerprint density at radius 2 is 2.11 bits per heavy atom. The Hall–Kier alpha value is -1.71. The maximum atomic E-state index is 11.5. The first-order valence-electron chi connectivity index (χ1n) is 7.11. The van der Waals surface area contributed by atoms with Gasteiger partial charge in [-0.3, -0.25) is 0 Å². The predicted octanol–water partition coefficient (Wildman–Crippen LogP) is 2.22. The molecule has 0 saturated carbocycles. The average molecular weight is 261 g/mol. The molecule has 2 N–H and O–H groups in total. The molecule has 1 aromatic rings. The number of nitrogens with zero attached hydrogens (tertiary/aromatic N) is 1. The molecule has 1 fully saturated rings. The van der Waals surface area contributed by atoms with E-state index >= 15 is 0 Å². The minimum absolute atomic E-state index is 0.0417. The molecule has 1 unspecified atom stereocenters. The highest BCUT2D eigenvalue weighted by Gasteiger charge is 2.22. The third kappa shape index (κ3) is 4.16. The van der Waals surface area contributed by atoms with Gasteiger partial charge in [-0.15, -0.1) is 0 Å². The number of nitrogens with one attached hydrogen (secondary N) is 2.